The molecule has 2 aromatic heterocycles. The van der Waals surface area contributed by atoms with Crippen molar-refractivity contribution in [3.63, 3.8) is 0 Å². The summed E-state index contributed by atoms with van der Waals surface area (Å²) in [7, 11) is 1.62. The number of fused-ring (bicyclic) bond motifs is 1. The van der Waals surface area contributed by atoms with Crippen molar-refractivity contribution >= 4 is 16.9 Å². The highest BCUT2D eigenvalue weighted by molar-refractivity contribution is 5.83. The average molecular weight is 468 g/mol. The van der Waals surface area contributed by atoms with Crippen LogP contribution in [0.4, 0.5) is 5.82 Å². The van der Waals surface area contributed by atoms with Gasteiger partial charge in [-0.3, -0.25) is 9.97 Å². The van der Waals surface area contributed by atoms with Crippen molar-refractivity contribution in [3.8, 4) is 17.6 Å². The first-order valence-corrected chi connectivity index (χ1v) is 11.4. The lowest BCUT2D eigenvalue weighted by molar-refractivity contribution is 0.122. The molecular formula is C27H25N5O3. The summed E-state index contributed by atoms with van der Waals surface area (Å²) in [6.07, 6.45) is 5.83. The van der Waals surface area contributed by atoms with Gasteiger partial charge in [-0.1, -0.05) is 18.2 Å². The molecule has 1 fully saturated rings. The number of pyridine rings is 1. The molecule has 8 heteroatoms. The number of rotatable bonds is 7. The summed E-state index contributed by atoms with van der Waals surface area (Å²) in [5.74, 6) is 2.06. The Morgan fingerprint density at radius 1 is 1.06 bits per heavy atom. The van der Waals surface area contributed by atoms with Gasteiger partial charge in [0.1, 0.15) is 24.0 Å². The van der Waals surface area contributed by atoms with Crippen molar-refractivity contribution in [2.24, 2.45) is 0 Å². The second kappa shape index (κ2) is 10.4. The number of morpholine rings is 1. The summed E-state index contributed by atoms with van der Waals surface area (Å²) in [5.41, 5.74) is 4.74. The Hall–Kier alpha value is -4.22. The third-order valence-corrected chi connectivity index (χ3v) is 5.98. The molecule has 0 saturated carbocycles. The molecule has 8 nitrogen and oxygen atoms in total. The van der Waals surface area contributed by atoms with Gasteiger partial charge < -0.3 is 19.1 Å². The first-order chi connectivity index (χ1) is 17.2. The largest absolute Gasteiger partial charge is 0.493 e. The molecule has 4 aromatic rings. The molecule has 5 rings (SSSR count). The van der Waals surface area contributed by atoms with Crippen molar-refractivity contribution in [2.45, 2.75) is 13.0 Å². The molecule has 0 unspecified atom stereocenters. The number of benzene rings is 2. The van der Waals surface area contributed by atoms with Crippen LogP contribution < -0.4 is 14.4 Å². The Morgan fingerprint density at radius 2 is 1.94 bits per heavy atom. The standard InChI is InChI=1S/C27H25N5O3/c1-33-25-14-19(4-7-24(25)35-18-20-3-2-8-29-16-20)13-21-5-6-23-27(22(21)15-28)31-26(17-30-23)32-9-11-34-12-10-32/h2-8,14,16-17H,9-13,18H2,1H3. The molecule has 1 aliphatic heterocycles. The zero-order valence-corrected chi connectivity index (χ0v) is 19.5. The fourth-order valence-electron chi connectivity index (χ4n) is 4.13. The lowest BCUT2D eigenvalue weighted by Gasteiger charge is -2.27. The van der Waals surface area contributed by atoms with E-state index < -0.39 is 0 Å². The molecule has 176 valence electrons. The van der Waals surface area contributed by atoms with E-state index >= 15 is 0 Å². The van der Waals surface area contributed by atoms with E-state index in [-0.39, 0.29) is 0 Å². The van der Waals surface area contributed by atoms with E-state index in [0.717, 1.165) is 35.6 Å². The van der Waals surface area contributed by atoms with Crippen LogP contribution in [-0.2, 0) is 17.8 Å². The summed E-state index contributed by atoms with van der Waals surface area (Å²) >= 11 is 0. The number of hydrogen-bond donors (Lipinski definition) is 0. The normalized spacial score (nSPS) is 13.4. The van der Waals surface area contributed by atoms with Crippen molar-refractivity contribution in [1.82, 2.24) is 15.0 Å². The van der Waals surface area contributed by atoms with E-state index in [9.17, 15) is 5.26 Å². The molecular weight excluding hydrogens is 442 g/mol. The van der Waals surface area contributed by atoms with Crippen LogP contribution in [0.2, 0.25) is 0 Å². The monoisotopic (exact) mass is 467 g/mol. The van der Waals surface area contributed by atoms with Crippen molar-refractivity contribution < 1.29 is 14.2 Å². The highest BCUT2D eigenvalue weighted by Gasteiger charge is 2.17. The van der Waals surface area contributed by atoms with Gasteiger partial charge in [0, 0.05) is 31.0 Å². The van der Waals surface area contributed by atoms with Gasteiger partial charge in [-0.25, -0.2) is 4.98 Å². The van der Waals surface area contributed by atoms with Gasteiger partial charge in [0.15, 0.2) is 11.5 Å². The minimum atomic E-state index is 0.400. The maximum absolute atomic E-state index is 10.0. The van der Waals surface area contributed by atoms with Crippen molar-refractivity contribution in [3.05, 3.63) is 83.3 Å². The molecule has 0 bridgehead atoms. The quantitative estimate of drug-likeness (QED) is 0.404. The fourth-order valence-corrected chi connectivity index (χ4v) is 4.13. The lowest BCUT2D eigenvalue weighted by atomic mass is 9.98. The Balaban J connectivity index is 1.40. The molecule has 2 aromatic carbocycles. The van der Waals surface area contributed by atoms with E-state index in [2.05, 4.69) is 20.9 Å². The van der Waals surface area contributed by atoms with E-state index in [0.29, 0.717) is 54.3 Å². The minimum Gasteiger partial charge on any atom is -0.493 e. The minimum absolute atomic E-state index is 0.400. The van der Waals surface area contributed by atoms with Gasteiger partial charge in [-0.05, 0) is 41.8 Å². The maximum Gasteiger partial charge on any atom is 0.161 e. The third kappa shape index (κ3) is 5.00. The van der Waals surface area contributed by atoms with Crippen LogP contribution >= 0.6 is 0 Å². The highest BCUT2D eigenvalue weighted by Crippen LogP contribution is 2.31. The lowest BCUT2D eigenvalue weighted by Crippen LogP contribution is -2.36. The van der Waals surface area contributed by atoms with Crippen LogP contribution in [0.25, 0.3) is 11.0 Å². The number of nitriles is 1. The number of nitrogens with zero attached hydrogens (tertiary/aromatic N) is 5. The van der Waals surface area contributed by atoms with Crippen LogP contribution in [0, 0.1) is 11.3 Å². The Labute approximate surface area is 203 Å². The van der Waals surface area contributed by atoms with Crippen LogP contribution in [0.3, 0.4) is 0 Å². The molecule has 0 amide bonds. The SMILES string of the molecule is COc1cc(Cc2ccc3ncc(N4CCOCC4)nc3c2C#N)ccc1OCc1cccnc1. The molecule has 35 heavy (non-hydrogen) atoms. The van der Waals surface area contributed by atoms with Crippen LogP contribution in [0.5, 0.6) is 11.5 Å². The smallest absolute Gasteiger partial charge is 0.161 e. The number of aromatic nitrogens is 3. The summed E-state index contributed by atoms with van der Waals surface area (Å²) in [5, 5.41) is 10.0. The first-order valence-electron chi connectivity index (χ1n) is 11.4. The van der Waals surface area contributed by atoms with E-state index in [1.165, 1.54) is 0 Å². The predicted molar refractivity (Wildman–Crippen MR) is 132 cm³/mol. The van der Waals surface area contributed by atoms with Gasteiger partial charge in [0.05, 0.1) is 37.6 Å². The summed E-state index contributed by atoms with van der Waals surface area (Å²) in [6.45, 7) is 3.24. The first kappa shape index (κ1) is 22.6. The van der Waals surface area contributed by atoms with E-state index in [1.54, 1.807) is 25.7 Å². The number of hydrogen-bond acceptors (Lipinski definition) is 8. The van der Waals surface area contributed by atoms with Crippen molar-refractivity contribution in [1.29, 1.82) is 5.26 Å². The molecule has 3 heterocycles. The molecule has 1 saturated heterocycles. The second-order valence-corrected chi connectivity index (χ2v) is 8.22. The zero-order chi connectivity index (χ0) is 24.0. The fraction of sp³-hybridized carbons (Fsp3) is 0.259. The van der Waals surface area contributed by atoms with E-state index in [1.807, 2.05) is 42.5 Å². The summed E-state index contributed by atoms with van der Waals surface area (Å²) < 4.78 is 17.0. The van der Waals surface area contributed by atoms with Gasteiger partial charge in [-0.15, -0.1) is 0 Å². The molecule has 0 atom stereocenters. The molecule has 1 aliphatic rings. The van der Waals surface area contributed by atoms with Gasteiger partial charge in [-0.2, -0.15) is 5.26 Å². The Kier molecular flexibility index (Phi) is 6.68. The number of methoxy groups -OCH3 is 1. The molecule has 0 radical (unpaired) electrons. The van der Waals surface area contributed by atoms with E-state index in [4.69, 9.17) is 19.2 Å². The van der Waals surface area contributed by atoms with Gasteiger partial charge in [0.25, 0.3) is 0 Å². The van der Waals surface area contributed by atoms with Crippen LogP contribution in [-0.4, -0.2) is 48.4 Å². The predicted octanol–water partition coefficient (Wildman–Crippen LogP) is 3.91. The molecule has 0 spiro atoms. The Bertz CT molecular complexity index is 1360. The van der Waals surface area contributed by atoms with Crippen molar-refractivity contribution in [2.75, 3.05) is 38.3 Å². The summed E-state index contributed by atoms with van der Waals surface area (Å²) in [4.78, 5) is 15.6. The highest BCUT2D eigenvalue weighted by atomic mass is 16.5. The number of anilines is 1. The number of ether oxygens (including phenoxy) is 3. The van der Waals surface area contributed by atoms with Crippen LogP contribution in [0.1, 0.15) is 22.3 Å². The maximum atomic E-state index is 10.0. The van der Waals surface area contributed by atoms with Gasteiger partial charge in [0.2, 0.25) is 0 Å². The zero-order valence-electron chi connectivity index (χ0n) is 19.5. The second-order valence-electron chi connectivity index (χ2n) is 8.22. The average Bonchev–Trinajstić information content (AvgIpc) is 2.93. The Morgan fingerprint density at radius 3 is 2.71 bits per heavy atom. The van der Waals surface area contributed by atoms with Crippen LogP contribution in [0.15, 0.2) is 61.1 Å². The molecule has 0 aliphatic carbocycles. The third-order valence-electron chi connectivity index (χ3n) is 5.98. The summed E-state index contributed by atoms with van der Waals surface area (Å²) in [6, 6.07) is 15.9. The topological polar surface area (TPSA) is 93.4 Å². The molecule has 0 N–H and O–H groups in total. The van der Waals surface area contributed by atoms with Gasteiger partial charge >= 0.3 is 0 Å².